The van der Waals surface area contributed by atoms with Crippen molar-refractivity contribution in [3.8, 4) is 5.75 Å². The summed E-state index contributed by atoms with van der Waals surface area (Å²) < 4.78 is 0. The van der Waals surface area contributed by atoms with E-state index in [2.05, 4.69) is 5.32 Å². The number of carbonyl (C=O) groups excluding carboxylic acids is 1. The molecule has 4 heteroatoms. The normalized spacial score (nSPS) is 14.0. The Hall–Kier alpha value is -1.55. The number of aromatic hydroxyl groups is 1. The molecule has 1 aromatic carbocycles. The number of carbonyl (C=O) groups is 1. The zero-order valence-corrected chi connectivity index (χ0v) is 11.3. The summed E-state index contributed by atoms with van der Waals surface area (Å²) in [7, 11) is 0. The molecule has 4 N–H and O–H groups in total. The van der Waals surface area contributed by atoms with Gasteiger partial charge in [0.2, 0.25) is 0 Å². The van der Waals surface area contributed by atoms with Crippen molar-refractivity contribution in [2.45, 2.75) is 39.2 Å². The number of rotatable bonds is 5. The molecule has 0 saturated carbocycles. The number of benzene rings is 1. The summed E-state index contributed by atoms with van der Waals surface area (Å²) >= 11 is 0. The molecule has 1 atom stereocenters. The van der Waals surface area contributed by atoms with Crippen LogP contribution in [0.1, 0.15) is 42.6 Å². The molecule has 1 aromatic rings. The number of phenols is 1. The Balaban J connectivity index is 2.91. The SMILES string of the molecule is CCC(C)(CCN)NC(=O)c1cccc(C)c1O. The maximum absolute atomic E-state index is 12.2. The van der Waals surface area contributed by atoms with E-state index in [9.17, 15) is 9.90 Å². The molecule has 0 fully saturated rings. The number of phenolic OH excluding ortho intramolecular Hbond substituents is 1. The third-order valence-corrected chi connectivity index (χ3v) is 3.37. The highest BCUT2D eigenvalue weighted by atomic mass is 16.3. The first kappa shape index (κ1) is 14.5. The lowest BCUT2D eigenvalue weighted by molar-refractivity contribution is 0.0897. The summed E-state index contributed by atoms with van der Waals surface area (Å²) in [6, 6.07) is 5.15. The Bertz CT molecular complexity index is 432. The van der Waals surface area contributed by atoms with Crippen molar-refractivity contribution in [2.75, 3.05) is 6.54 Å². The van der Waals surface area contributed by atoms with E-state index < -0.39 is 0 Å². The second-order valence-corrected chi connectivity index (χ2v) is 4.88. The molecule has 18 heavy (non-hydrogen) atoms. The number of nitrogens with two attached hydrogens (primary N) is 1. The molecule has 0 aromatic heterocycles. The minimum absolute atomic E-state index is 0.0428. The Morgan fingerprint density at radius 1 is 1.50 bits per heavy atom. The van der Waals surface area contributed by atoms with Crippen molar-refractivity contribution in [1.82, 2.24) is 5.32 Å². The number of amides is 1. The van der Waals surface area contributed by atoms with Crippen LogP contribution in [0.15, 0.2) is 18.2 Å². The molecule has 4 nitrogen and oxygen atoms in total. The van der Waals surface area contributed by atoms with Crippen LogP contribution in [0.2, 0.25) is 0 Å². The average molecular weight is 250 g/mol. The van der Waals surface area contributed by atoms with E-state index in [0.717, 1.165) is 6.42 Å². The van der Waals surface area contributed by atoms with Gasteiger partial charge in [-0.15, -0.1) is 0 Å². The highest BCUT2D eigenvalue weighted by Gasteiger charge is 2.25. The Morgan fingerprint density at radius 3 is 2.72 bits per heavy atom. The topological polar surface area (TPSA) is 75.3 Å². The number of aryl methyl sites for hydroxylation is 1. The highest BCUT2D eigenvalue weighted by molar-refractivity contribution is 5.97. The van der Waals surface area contributed by atoms with Gasteiger partial charge in [-0.2, -0.15) is 0 Å². The van der Waals surface area contributed by atoms with Crippen LogP contribution in [0.5, 0.6) is 5.75 Å². The van der Waals surface area contributed by atoms with Gasteiger partial charge in [-0.1, -0.05) is 19.1 Å². The summed E-state index contributed by atoms with van der Waals surface area (Å²) in [6.45, 7) is 6.26. The number of hydrogen-bond acceptors (Lipinski definition) is 3. The van der Waals surface area contributed by atoms with Gasteiger partial charge in [0.1, 0.15) is 5.75 Å². The lowest BCUT2D eigenvalue weighted by atomic mass is 9.94. The standard InChI is InChI=1S/C14H22N2O2/c1-4-14(3,8-9-15)16-13(18)11-7-5-6-10(2)12(11)17/h5-7,17H,4,8-9,15H2,1-3H3,(H,16,18). The van der Waals surface area contributed by atoms with E-state index in [1.807, 2.05) is 13.8 Å². The van der Waals surface area contributed by atoms with Gasteiger partial charge in [0.25, 0.3) is 5.91 Å². The third-order valence-electron chi connectivity index (χ3n) is 3.37. The maximum Gasteiger partial charge on any atom is 0.255 e. The van der Waals surface area contributed by atoms with Crippen LogP contribution >= 0.6 is 0 Å². The predicted octanol–water partition coefficient (Wildman–Crippen LogP) is 1.95. The van der Waals surface area contributed by atoms with Gasteiger partial charge in [-0.25, -0.2) is 0 Å². The summed E-state index contributed by atoms with van der Waals surface area (Å²) in [6.07, 6.45) is 1.50. The Morgan fingerprint density at radius 2 is 2.17 bits per heavy atom. The van der Waals surface area contributed by atoms with Crippen molar-refractivity contribution < 1.29 is 9.90 Å². The minimum atomic E-state index is -0.331. The first-order valence-corrected chi connectivity index (χ1v) is 6.24. The van der Waals surface area contributed by atoms with Crippen LogP contribution in [-0.4, -0.2) is 23.1 Å². The predicted molar refractivity (Wildman–Crippen MR) is 72.7 cm³/mol. The minimum Gasteiger partial charge on any atom is -0.507 e. The van der Waals surface area contributed by atoms with Crippen LogP contribution in [0, 0.1) is 6.92 Å². The zero-order valence-electron chi connectivity index (χ0n) is 11.3. The molecule has 1 amide bonds. The molecule has 0 heterocycles. The molecule has 1 rings (SSSR count). The van der Waals surface area contributed by atoms with Crippen molar-refractivity contribution in [3.05, 3.63) is 29.3 Å². The molecule has 0 aliphatic heterocycles. The van der Waals surface area contributed by atoms with Gasteiger partial charge in [-0.05, 0) is 44.9 Å². The summed E-state index contributed by atoms with van der Waals surface area (Å²) in [5, 5.41) is 12.8. The van der Waals surface area contributed by atoms with Gasteiger partial charge in [0.05, 0.1) is 5.56 Å². The fourth-order valence-corrected chi connectivity index (χ4v) is 1.83. The van der Waals surface area contributed by atoms with E-state index in [4.69, 9.17) is 5.73 Å². The summed E-state index contributed by atoms with van der Waals surface area (Å²) in [4.78, 5) is 12.2. The lowest BCUT2D eigenvalue weighted by Crippen LogP contribution is -2.46. The monoisotopic (exact) mass is 250 g/mol. The van der Waals surface area contributed by atoms with Crippen molar-refractivity contribution in [2.24, 2.45) is 5.73 Å². The maximum atomic E-state index is 12.2. The molecule has 0 spiro atoms. The number of para-hydroxylation sites is 1. The van der Waals surface area contributed by atoms with Crippen molar-refractivity contribution in [3.63, 3.8) is 0 Å². The fraction of sp³-hybridized carbons (Fsp3) is 0.500. The molecule has 100 valence electrons. The highest BCUT2D eigenvalue weighted by Crippen LogP contribution is 2.23. The average Bonchev–Trinajstić information content (AvgIpc) is 2.32. The molecule has 0 radical (unpaired) electrons. The quantitative estimate of drug-likeness (QED) is 0.747. The Labute approximate surface area is 108 Å². The lowest BCUT2D eigenvalue weighted by Gasteiger charge is -2.29. The van der Waals surface area contributed by atoms with Crippen LogP contribution in [-0.2, 0) is 0 Å². The molecule has 1 unspecified atom stereocenters. The summed E-state index contributed by atoms with van der Waals surface area (Å²) in [5.41, 5.74) is 6.23. The second kappa shape index (κ2) is 5.87. The number of hydrogen-bond donors (Lipinski definition) is 3. The van der Waals surface area contributed by atoms with Crippen LogP contribution in [0.4, 0.5) is 0 Å². The van der Waals surface area contributed by atoms with Crippen molar-refractivity contribution >= 4 is 5.91 Å². The number of nitrogens with one attached hydrogen (secondary N) is 1. The Kier molecular flexibility index (Phi) is 4.73. The molecular formula is C14H22N2O2. The molecular weight excluding hydrogens is 228 g/mol. The van der Waals surface area contributed by atoms with Crippen LogP contribution in [0.3, 0.4) is 0 Å². The van der Waals surface area contributed by atoms with Gasteiger partial charge in [-0.3, -0.25) is 4.79 Å². The first-order valence-electron chi connectivity index (χ1n) is 6.24. The van der Waals surface area contributed by atoms with E-state index in [0.29, 0.717) is 24.1 Å². The van der Waals surface area contributed by atoms with Gasteiger partial charge in [0, 0.05) is 5.54 Å². The van der Waals surface area contributed by atoms with E-state index >= 15 is 0 Å². The van der Waals surface area contributed by atoms with E-state index in [-0.39, 0.29) is 17.2 Å². The largest absolute Gasteiger partial charge is 0.507 e. The zero-order chi connectivity index (χ0) is 13.8. The van der Waals surface area contributed by atoms with E-state index in [1.165, 1.54) is 0 Å². The van der Waals surface area contributed by atoms with Crippen LogP contribution < -0.4 is 11.1 Å². The fourth-order valence-electron chi connectivity index (χ4n) is 1.83. The molecule has 0 bridgehead atoms. The molecule has 0 saturated heterocycles. The van der Waals surface area contributed by atoms with Crippen LogP contribution in [0.25, 0.3) is 0 Å². The molecule has 0 aliphatic carbocycles. The first-order chi connectivity index (χ1) is 8.43. The van der Waals surface area contributed by atoms with Gasteiger partial charge < -0.3 is 16.2 Å². The third kappa shape index (κ3) is 3.23. The summed E-state index contributed by atoms with van der Waals surface area (Å²) in [5.74, 6) is -0.213. The second-order valence-electron chi connectivity index (χ2n) is 4.88. The van der Waals surface area contributed by atoms with Gasteiger partial charge in [0.15, 0.2) is 0 Å². The van der Waals surface area contributed by atoms with E-state index in [1.54, 1.807) is 25.1 Å². The van der Waals surface area contributed by atoms with Gasteiger partial charge >= 0.3 is 0 Å². The van der Waals surface area contributed by atoms with Crippen molar-refractivity contribution in [1.29, 1.82) is 0 Å². The molecule has 0 aliphatic rings. The smallest absolute Gasteiger partial charge is 0.255 e.